The molecule has 5 heteroatoms. The van der Waals surface area contributed by atoms with Gasteiger partial charge in [0.1, 0.15) is 11.9 Å². The molecule has 0 amide bonds. The lowest BCUT2D eigenvalue weighted by Gasteiger charge is -2.20. The highest BCUT2D eigenvalue weighted by Gasteiger charge is 2.40. The second kappa shape index (κ2) is 4.46. The Morgan fingerprint density at radius 1 is 1.44 bits per heavy atom. The third-order valence-corrected chi connectivity index (χ3v) is 3.59. The predicted octanol–water partition coefficient (Wildman–Crippen LogP) is 1.51. The summed E-state index contributed by atoms with van der Waals surface area (Å²) >= 11 is 0. The van der Waals surface area contributed by atoms with Crippen molar-refractivity contribution < 1.29 is 4.74 Å². The SMILES string of the molecule is N#Cc1cnc(NC2CCOC2C2CC2)c(N)c1. The van der Waals surface area contributed by atoms with Crippen LogP contribution in [-0.4, -0.2) is 23.7 Å². The fourth-order valence-electron chi connectivity index (χ4n) is 2.49. The number of aromatic nitrogens is 1. The van der Waals surface area contributed by atoms with Crippen molar-refractivity contribution in [2.75, 3.05) is 17.7 Å². The Morgan fingerprint density at radius 2 is 2.28 bits per heavy atom. The lowest BCUT2D eigenvalue weighted by atomic mass is 10.1. The zero-order valence-corrected chi connectivity index (χ0v) is 10.1. The molecule has 5 nitrogen and oxygen atoms in total. The van der Waals surface area contributed by atoms with Gasteiger partial charge in [0.05, 0.1) is 23.4 Å². The molecule has 2 aliphatic rings. The minimum absolute atomic E-state index is 0.292. The van der Waals surface area contributed by atoms with Gasteiger partial charge in [-0.25, -0.2) is 4.98 Å². The molecule has 2 heterocycles. The van der Waals surface area contributed by atoms with Gasteiger partial charge in [-0.15, -0.1) is 0 Å². The number of hydrogen-bond acceptors (Lipinski definition) is 5. The molecule has 1 saturated carbocycles. The molecule has 1 aliphatic heterocycles. The van der Waals surface area contributed by atoms with Crippen LogP contribution in [0.25, 0.3) is 0 Å². The van der Waals surface area contributed by atoms with E-state index in [-0.39, 0.29) is 0 Å². The Morgan fingerprint density at radius 3 is 2.94 bits per heavy atom. The Labute approximate surface area is 106 Å². The molecule has 1 aromatic rings. The number of nitrogens with two attached hydrogens (primary N) is 1. The fraction of sp³-hybridized carbons (Fsp3) is 0.538. The number of nitriles is 1. The van der Waals surface area contributed by atoms with E-state index >= 15 is 0 Å². The van der Waals surface area contributed by atoms with Crippen LogP contribution in [0.3, 0.4) is 0 Å². The maximum atomic E-state index is 8.77. The van der Waals surface area contributed by atoms with Gasteiger partial charge in [0.2, 0.25) is 0 Å². The Balaban J connectivity index is 1.74. The van der Waals surface area contributed by atoms with Crippen LogP contribution in [-0.2, 0) is 4.74 Å². The molecule has 18 heavy (non-hydrogen) atoms. The molecule has 0 radical (unpaired) electrons. The zero-order chi connectivity index (χ0) is 12.5. The maximum absolute atomic E-state index is 8.77. The van der Waals surface area contributed by atoms with E-state index in [4.69, 9.17) is 15.7 Å². The van der Waals surface area contributed by atoms with Crippen LogP contribution in [0.1, 0.15) is 24.8 Å². The number of pyridine rings is 1. The molecule has 1 aliphatic carbocycles. The van der Waals surface area contributed by atoms with Gasteiger partial charge in [0, 0.05) is 12.8 Å². The highest BCUT2D eigenvalue weighted by Crippen LogP contribution is 2.39. The van der Waals surface area contributed by atoms with Crippen molar-refractivity contribution in [3.05, 3.63) is 17.8 Å². The van der Waals surface area contributed by atoms with Crippen LogP contribution in [0.4, 0.5) is 11.5 Å². The van der Waals surface area contributed by atoms with Crippen LogP contribution in [0.5, 0.6) is 0 Å². The molecule has 2 atom stereocenters. The van der Waals surface area contributed by atoms with Crippen molar-refractivity contribution in [3.63, 3.8) is 0 Å². The second-order valence-electron chi connectivity index (χ2n) is 4.99. The summed E-state index contributed by atoms with van der Waals surface area (Å²) < 4.78 is 5.76. The van der Waals surface area contributed by atoms with Crippen LogP contribution in [0, 0.1) is 17.2 Å². The molecule has 1 saturated heterocycles. The van der Waals surface area contributed by atoms with Crippen molar-refractivity contribution in [1.29, 1.82) is 5.26 Å². The normalized spacial score (nSPS) is 26.8. The van der Waals surface area contributed by atoms with Gasteiger partial charge < -0.3 is 15.8 Å². The summed E-state index contributed by atoms with van der Waals surface area (Å²) in [5.74, 6) is 1.36. The first-order valence-electron chi connectivity index (χ1n) is 6.31. The highest BCUT2D eigenvalue weighted by molar-refractivity contribution is 5.63. The van der Waals surface area contributed by atoms with Crippen molar-refractivity contribution in [2.45, 2.75) is 31.4 Å². The van der Waals surface area contributed by atoms with Crippen molar-refractivity contribution in [3.8, 4) is 6.07 Å². The van der Waals surface area contributed by atoms with E-state index in [0.717, 1.165) is 13.0 Å². The number of anilines is 2. The Hall–Kier alpha value is -1.80. The molecular formula is C13H16N4O. The quantitative estimate of drug-likeness (QED) is 0.842. The first-order valence-corrected chi connectivity index (χ1v) is 6.31. The second-order valence-corrected chi connectivity index (χ2v) is 4.99. The third kappa shape index (κ3) is 2.12. The molecule has 3 rings (SSSR count). The molecule has 0 aromatic carbocycles. The minimum Gasteiger partial charge on any atom is -0.396 e. The van der Waals surface area contributed by atoms with Crippen LogP contribution >= 0.6 is 0 Å². The van der Waals surface area contributed by atoms with Gasteiger partial charge in [-0.2, -0.15) is 5.26 Å². The lowest BCUT2D eigenvalue weighted by Crippen LogP contribution is -2.31. The van der Waals surface area contributed by atoms with E-state index in [0.29, 0.717) is 35.1 Å². The minimum atomic E-state index is 0.292. The first-order chi connectivity index (χ1) is 8.78. The number of rotatable bonds is 3. The Bertz CT molecular complexity index is 492. The third-order valence-electron chi connectivity index (χ3n) is 3.59. The summed E-state index contributed by atoms with van der Waals surface area (Å²) in [6.45, 7) is 0.801. The monoisotopic (exact) mass is 244 g/mol. The standard InChI is InChI=1S/C13H16N4O/c14-6-8-5-10(15)13(16-7-8)17-11-3-4-18-12(11)9-1-2-9/h5,7,9,11-12H,1-4,15H2,(H,16,17). The molecular weight excluding hydrogens is 228 g/mol. The summed E-state index contributed by atoms with van der Waals surface area (Å²) in [5, 5.41) is 12.1. The summed E-state index contributed by atoms with van der Waals surface area (Å²) in [4.78, 5) is 4.21. The van der Waals surface area contributed by atoms with E-state index in [1.165, 1.54) is 12.8 Å². The fourth-order valence-corrected chi connectivity index (χ4v) is 2.49. The first kappa shape index (κ1) is 11.3. The van der Waals surface area contributed by atoms with Crippen LogP contribution in [0.15, 0.2) is 12.3 Å². The van der Waals surface area contributed by atoms with E-state index in [2.05, 4.69) is 10.3 Å². The topological polar surface area (TPSA) is 84.0 Å². The van der Waals surface area contributed by atoms with E-state index < -0.39 is 0 Å². The number of nitrogens with zero attached hydrogens (tertiary/aromatic N) is 2. The van der Waals surface area contributed by atoms with Crippen LogP contribution in [0.2, 0.25) is 0 Å². The lowest BCUT2D eigenvalue weighted by molar-refractivity contribution is 0.0898. The summed E-state index contributed by atoms with van der Waals surface area (Å²) in [7, 11) is 0. The van der Waals surface area contributed by atoms with E-state index in [9.17, 15) is 0 Å². The van der Waals surface area contributed by atoms with Crippen molar-refractivity contribution in [2.24, 2.45) is 5.92 Å². The molecule has 0 bridgehead atoms. The molecule has 94 valence electrons. The predicted molar refractivity (Wildman–Crippen MR) is 67.9 cm³/mol. The molecule has 2 unspecified atom stereocenters. The molecule has 0 spiro atoms. The summed E-state index contributed by atoms with van der Waals surface area (Å²) in [5.41, 5.74) is 6.90. The average Bonchev–Trinajstić information content (AvgIpc) is 3.12. The van der Waals surface area contributed by atoms with Gasteiger partial charge in [0.15, 0.2) is 0 Å². The number of ether oxygens (including phenoxy) is 1. The average molecular weight is 244 g/mol. The largest absolute Gasteiger partial charge is 0.396 e. The van der Waals surface area contributed by atoms with E-state index in [1.54, 1.807) is 12.3 Å². The van der Waals surface area contributed by atoms with Crippen molar-refractivity contribution in [1.82, 2.24) is 4.98 Å². The van der Waals surface area contributed by atoms with Gasteiger partial charge in [0.25, 0.3) is 0 Å². The maximum Gasteiger partial charge on any atom is 0.149 e. The van der Waals surface area contributed by atoms with Gasteiger partial charge >= 0.3 is 0 Å². The van der Waals surface area contributed by atoms with Gasteiger partial charge in [-0.05, 0) is 31.2 Å². The highest BCUT2D eigenvalue weighted by atomic mass is 16.5. The zero-order valence-electron chi connectivity index (χ0n) is 10.1. The number of nitrogen functional groups attached to an aromatic ring is 1. The molecule has 3 N–H and O–H groups in total. The van der Waals surface area contributed by atoms with Crippen molar-refractivity contribution >= 4 is 11.5 Å². The number of hydrogen-bond donors (Lipinski definition) is 2. The molecule has 2 fully saturated rings. The molecule has 1 aromatic heterocycles. The summed E-state index contributed by atoms with van der Waals surface area (Å²) in [6.07, 6.45) is 5.35. The van der Waals surface area contributed by atoms with E-state index in [1.807, 2.05) is 6.07 Å². The van der Waals surface area contributed by atoms with Gasteiger partial charge in [-0.1, -0.05) is 0 Å². The number of nitrogens with one attached hydrogen (secondary N) is 1. The Kier molecular flexibility index (Phi) is 2.80. The summed E-state index contributed by atoms with van der Waals surface area (Å²) in [6, 6.07) is 3.97. The van der Waals surface area contributed by atoms with Gasteiger partial charge in [-0.3, -0.25) is 0 Å². The van der Waals surface area contributed by atoms with Crippen LogP contribution < -0.4 is 11.1 Å². The smallest absolute Gasteiger partial charge is 0.149 e.